The Labute approximate surface area is 162 Å². The number of benzene rings is 3. The van der Waals surface area contributed by atoms with Crippen LogP contribution < -0.4 is 15.0 Å². The summed E-state index contributed by atoms with van der Waals surface area (Å²) in [6.07, 6.45) is 0. The van der Waals surface area contributed by atoms with Gasteiger partial charge in [-0.25, -0.2) is 0 Å². The third-order valence-electron chi connectivity index (χ3n) is 4.29. The molecule has 0 radical (unpaired) electrons. The molecule has 0 aromatic heterocycles. The van der Waals surface area contributed by atoms with E-state index in [1.807, 2.05) is 60.5 Å². The molecule has 1 amide bonds. The highest BCUT2D eigenvalue weighted by molar-refractivity contribution is 6.06. The van der Waals surface area contributed by atoms with E-state index in [0.717, 1.165) is 11.4 Å². The molecule has 28 heavy (non-hydrogen) atoms. The second-order valence-electron chi connectivity index (χ2n) is 6.01. The number of anilines is 3. The van der Waals surface area contributed by atoms with Gasteiger partial charge in [0.15, 0.2) is 5.75 Å². The highest BCUT2D eigenvalue weighted by Crippen LogP contribution is 2.32. The molecule has 0 aliphatic rings. The van der Waals surface area contributed by atoms with Crippen molar-refractivity contribution in [2.24, 2.45) is 0 Å². The van der Waals surface area contributed by atoms with Gasteiger partial charge in [-0.05, 0) is 36.4 Å². The minimum atomic E-state index is -0.577. The Balaban J connectivity index is 1.90. The van der Waals surface area contributed by atoms with Crippen molar-refractivity contribution >= 4 is 28.7 Å². The first kappa shape index (κ1) is 18.9. The smallest absolute Gasteiger partial charge is 0.311 e. The van der Waals surface area contributed by atoms with E-state index in [1.54, 1.807) is 6.07 Å². The number of nitro groups is 1. The van der Waals surface area contributed by atoms with Crippen molar-refractivity contribution in [1.82, 2.24) is 0 Å². The number of carbonyl (C=O) groups excluding carboxylic acids is 1. The van der Waals surface area contributed by atoms with Crippen molar-refractivity contribution in [3.8, 4) is 5.75 Å². The van der Waals surface area contributed by atoms with Crippen LogP contribution in [0.2, 0.25) is 0 Å². The van der Waals surface area contributed by atoms with Crippen LogP contribution in [0.4, 0.5) is 22.7 Å². The van der Waals surface area contributed by atoms with Gasteiger partial charge in [-0.1, -0.05) is 30.3 Å². The fourth-order valence-corrected chi connectivity index (χ4v) is 2.83. The van der Waals surface area contributed by atoms with Gasteiger partial charge in [0.25, 0.3) is 5.91 Å². The zero-order chi connectivity index (χ0) is 20.1. The Morgan fingerprint density at radius 1 is 1.04 bits per heavy atom. The summed E-state index contributed by atoms with van der Waals surface area (Å²) in [6.45, 7) is 0. The van der Waals surface area contributed by atoms with E-state index in [2.05, 4.69) is 5.32 Å². The topological polar surface area (TPSA) is 84.7 Å². The molecule has 0 atom stereocenters. The number of nitrogens with zero attached hydrogens (tertiary/aromatic N) is 2. The van der Waals surface area contributed by atoms with Crippen LogP contribution in [0.25, 0.3) is 0 Å². The first-order chi connectivity index (χ1) is 13.5. The van der Waals surface area contributed by atoms with Crippen LogP contribution in [0.5, 0.6) is 5.75 Å². The normalized spacial score (nSPS) is 10.2. The van der Waals surface area contributed by atoms with Gasteiger partial charge in [-0.3, -0.25) is 14.9 Å². The lowest BCUT2D eigenvalue weighted by atomic mass is 10.1. The summed E-state index contributed by atoms with van der Waals surface area (Å²) < 4.78 is 4.98. The molecule has 7 nitrogen and oxygen atoms in total. The van der Waals surface area contributed by atoms with Crippen molar-refractivity contribution < 1.29 is 14.5 Å². The average Bonchev–Trinajstić information content (AvgIpc) is 2.73. The molecule has 0 saturated heterocycles. The first-order valence-corrected chi connectivity index (χ1v) is 8.53. The zero-order valence-corrected chi connectivity index (χ0v) is 15.5. The van der Waals surface area contributed by atoms with Crippen LogP contribution in [-0.4, -0.2) is 25.0 Å². The van der Waals surface area contributed by atoms with Crippen molar-refractivity contribution in [2.75, 3.05) is 24.4 Å². The molecule has 1 N–H and O–H groups in total. The number of methoxy groups -OCH3 is 1. The number of nitro benzene ring substituents is 1. The van der Waals surface area contributed by atoms with E-state index in [0.29, 0.717) is 5.69 Å². The maximum atomic E-state index is 12.7. The maximum Gasteiger partial charge on any atom is 0.311 e. The lowest BCUT2D eigenvalue weighted by molar-refractivity contribution is -0.385. The Hall–Kier alpha value is -3.87. The minimum Gasteiger partial charge on any atom is -0.490 e. The van der Waals surface area contributed by atoms with Gasteiger partial charge < -0.3 is 15.0 Å². The highest BCUT2D eigenvalue weighted by Gasteiger charge is 2.19. The van der Waals surface area contributed by atoms with E-state index in [4.69, 9.17) is 4.74 Å². The van der Waals surface area contributed by atoms with E-state index < -0.39 is 10.8 Å². The molecule has 7 heteroatoms. The summed E-state index contributed by atoms with van der Waals surface area (Å²) in [5.74, 6) is -0.342. The third-order valence-corrected chi connectivity index (χ3v) is 4.29. The molecule has 0 spiro atoms. The predicted octanol–water partition coefficient (Wildman–Crippen LogP) is 4.62. The summed E-state index contributed by atoms with van der Waals surface area (Å²) in [5.41, 5.74) is 2.26. The highest BCUT2D eigenvalue weighted by atomic mass is 16.6. The molecular formula is C21H19N3O4. The number of para-hydroxylation sites is 3. The molecule has 0 heterocycles. The van der Waals surface area contributed by atoms with E-state index in [-0.39, 0.29) is 17.0 Å². The zero-order valence-electron chi connectivity index (χ0n) is 15.5. The number of amides is 1. The van der Waals surface area contributed by atoms with Gasteiger partial charge in [0.2, 0.25) is 0 Å². The number of hydrogen-bond donors (Lipinski definition) is 1. The number of nitrogens with one attached hydrogen (secondary N) is 1. The molecule has 3 aromatic rings. The number of rotatable bonds is 6. The summed E-state index contributed by atoms with van der Waals surface area (Å²) in [5, 5.41) is 14.0. The average molecular weight is 377 g/mol. The molecule has 0 aliphatic carbocycles. The standard InChI is InChI=1S/C21H19N3O4/c1-23(16-8-4-3-5-9-16)18-11-7-6-10-17(18)22-21(25)15-12-13-20(28-2)19(14-15)24(26)27/h3-14H,1-2H3,(H,22,25). The third kappa shape index (κ3) is 3.93. The number of hydrogen-bond acceptors (Lipinski definition) is 5. The molecular weight excluding hydrogens is 358 g/mol. The largest absolute Gasteiger partial charge is 0.490 e. The van der Waals surface area contributed by atoms with Crippen LogP contribution in [0.1, 0.15) is 10.4 Å². The lowest BCUT2D eigenvalue weighted by Gasteiger charge is -2.22. The van der Waals surface area contributed by atoms with Gasteiger partial charge >= 0.3 is 5.69 Å². The van der Waals surface area contributed by atoms with Crippen molar-refractivity contribution in [3.63, 3.8) is 0 Å². The second-order valence-corrected chi connectivity index (χ2v) is 6.01. The molecule has 0 aliphatic heterocycles. The predicted molar refractivity (Wildman–Crippen MR) is 109 cm³/mol. The van der Waals surface area contributed by atoms with Crippen LogP contribution in [0.3, 0.4) is 0 Å². The van der Waals surface area contributed by atoms with E-state index in [1.165, 1.54) is 25.3 Å². The fraction of sp³-hybridized carbons (Fsp3) is 0.0952. The monoisotopic (exact) mass is 377 g/mol. The Bertz CT molecular complexity index is 1010. The molecule has 3 rings (SSSR count). The summed E-state index contributed by atoms with van der Waals surface area (Å²) >= 11 is 0. The minimum absolute atomic E-state index is 0.103. The van der Waals surface area contributed by atoms with Crippen LogP contribution in [0, 0.1) is 10.1 Å². The van der Waals surface area contributed by atoms with Gasteiger partial charge in [0, 0.05) is 24.4 Å². The van der Waals surface area contributed by atoms with Gasteiger partial charge in [0.1, 0.15) is 0 Å². The van der Waals surface area contributed by atoms with Crippen molar-refractivity contribution in [2.45, 2.75) is 0 Å². The van der Waals surface area contributed by atoms with Crippen LogP contribution in [0.15, 0.2) is 72.8 Å². The Morgan fingerprint density at radius 2 is 1.71 bits per heavy atom. The maximum absolute atomic E-state index is 12.7. The second kappa shape index (κ2) is 8.22. The molecule has 3 aromatic carbocycles. The molecule has 0 saturated carbocycles. The van der Waals surface area contributed by atoms with Gasteiger partial charge in [0.05, 0.1) is 23.4 Å². The van der Waals surface area contributed by atoms with Gasteiger partial charge in [-0.2, -0.15) is 0 Å². The van der Waals surface area contributed by atoms with Crippen molar-refractivity contribution in [1.29, 1.82) is 0 Å². The molecule has 142 valence electrons. The Kier molecular flexibility index (Phi) is 5.55. The lowest BCUT2D eigenvalue weighted by Crippen LogP contribution is -2.17. The first-order valence-electron chi connectivity index (χ1n) is 8.53. The van der Waals surface area contributed by atoms with Crippen LogP contribution in [-0.2, 0) is 0 Å². The summed E-state index contributed by atoms with van der Waals surface area (Å²) in [7, 11) is 3.25. The van der Waals surface area contributed by atoms with Crippen LogP contribution >= 0.6 is 0 Å². The SMILES string of the molecule is COc1ccc(C(=O)Nc2ccccc2N(C)c2ccccc2)cc1[N+](=O)[O-]. The number of ether oxygens (including phenoxy) is 1. The van der Waals surface area contributed by atoms with Gasteiger partial charge in [-0.15, -0.1) is 0 Å². The van der Waals surface area contributed by atoms with E-state index in [9.17, 15) is 14.9 Å². The molecule has 0 fully saturated rings. The fourth-order valence-electron chi connectivity index (χ4n) is 2.83. The molecule has 0 bridgehead atoms. The van der Waals surface area contributed by atoms with Crippen molar-refractivity contribution in [3.05, 3.63) is 88.5 Å². The Morgan fingerprint density at radius 3 is 2.39 bits per heavy atom. The van der Waals surface area contributed by atoms with E-state index >= 15 is 0 Å². The summed E-state index contributed by atoms with van der Waals surface area (Å²) in [4.78, 5) is 25.3. The number of carbonyl (C=O) groups is 1. The molecule has 0 unspecified atom stereocenters. The quantitative estimate of drug-likeness (QED) is 0.500. The summed E-state index contributed by atoms with van der Waals surface area (Å²) in [6, 6.07) is 21.2.